The van der Waals surface area contributed by atoms with E-state index in [2.05, 4.69) is 10.6 Å². The number of carbonyl (C=O) groups is 2. The van der Waals surface area contributed by atoms with Gasteiger partial charge in [-0.1, -0.05) is 0 Å². The quantitative estimate of drug-likeness (QED) is 0.486. The average Bonchev–Trinajstić information content (AvgIpc) is 2.20. The predicted molar refractivity (Wildman–Crippen MR) is 74.1 cm³/mol. The molecule has 0 aliphatic carbocycles. The van der Waals surface area contributed by atoms with Crippen LogP contribution in [-0.4, -0.2) is 24.7 Å². The van der Waals surface area contributed by atoms with Gasteiger partial charge < -0.3 is 10.6 Å². The summed E-state index contributed by atoms with van der Waals surface area (Å²) in [6.07, 6.45) is 5.23. The Balaban J connectivity index is 3.58. The normalized spacial score (nSPS) is 12.2. The van der Waals surface area contributed by atoms with E-state index >= 15 is 0 Å². The molecule has 0 heterocycles. The lowest BCUT2D eigenvalue weighted by atomic mass is 10.2. The van der Waals surface area contributed by atoms with Gasteiger partial charge in [0.15, 0.2) is 11.6 Å². The standard InChI is InChI=1S/C14H24N2O2/c1-11(9-13(3)17)15-7-5-6-8-16-12(2)10-14(4)18/h9-10,15-16H,5-8H2,1-4H3/b11-9-,12-10-. The summed E-state index contributed by atoms with van der Waals surface area (Å²) in [5.74, 6) is 0.123. The summed E-state index contributed by atoms with van der Waals surface area (Å²) in [6, 6.07) is 0. The summed E-state index contributed by atoms with van der Waals surface area (Å²) in [5.41, 5.74) is 1.81. The van der Waals surface area contributed by atoms with Gasteiger partial charge >= 0.3 is 0 Å². The van der Waals surface area contributed by atoms with Crippen molar-refractivity contribution >= 4 is 11.6 Å². The van der Waals surface area contributed by atoms with Crippen LogP contribution in [0.5, 0.6) is 0 Å². The van der Waals surface area contributed by atoms with Crippen LogP contribution in [0.3, 0.4) is 0 Å². The molecule has 4 heteroatoms. The summed E-state index contributed by atoms with van der Waals surface area (Å²) in [7, 11) is 0. The number of hydrogen-bond acceptors (Lipinski definition) is 4. The molecule has 4 nitrogen and oxygen atoms in total. The lowest BCUT2D eigenvalue weighted by Gasteiger charge is -2.08. The Bertz CT molecular complexity index is 310. The highest BCUT2D eigenvalue weighted by Crippen LogP contribution is 1.93. The van der Waals surface area contributed by atoms with Crippen molar-refractivity contribution in [3.8, 4) is 0 Å². The van der Waals surface area contributed by atoms with Gasteiger partial charge in [-0.05, 0) is 52.7 Å². The number of hydrogen-bond donors (Lipinski definition) is 2. The van der Waals surface area contributed by atoms with Crippen LogP contribution in [0.1, 0.15) is 40.5 Å². The number of carbonyl (C=O) groups excluding carboxylic acids is 2. The Morgan fingerprint density at radius 2 is 1.11 bits per heavy atom. The van der Waals surface area contributed by atoms with Crippen LogP contribution in [0.4, 0.5) is 0 Å². The maximum absolute atomic E-state index is 10.8. The molecular weight excluding hydrogens is 228 g/mol. The molecule has 0 rings (SSSR count). The molecule has 0 saturated carbocycles. The van der Waals surface area contributed by atoms with Crippen LogP contribution in [0.2, 0.25) is 0 Å². The third-order valence-corrected chi connectivity index (χ3v) is 2.25. The van der Waals surface area contributed by atoms with Crippen LogP contribution < -0.4 is 10.6 Å². The molecule has 2 N–H and O–H groups in total. The van der Waals surface area contributed by atoms with Gasteiger partial charge in [0, 0.05) is 24.5 Å². The number of rotatable bonds is 9. The minimum absolute atomic E-state index is 0.0617. The molecular formula is C14H24N2O2. The number of unbranched alkanes of at least 4 members (excludes halogenated alkanes) is 1. The van der Waals surface area contributed by atoms with Crippen LogP contribution in [0.15, 0.2) is 23.5 Å². The van der Waals surface area contributed by atoms with Crippen LogP contribution in [-0.2, 0) is 9.59 Å². The van der Waals surface area contributed by atoms with E-state index in [1.54, 1.807) is 26.0 Å². The highest BCUT2D eigenvalue weighted by atomic mass is 16.1. The van der Waals surface area contributed by atoms with E-state index in [4.69, 9.17) is 0 Å². The average molecular weight is 252 g/mol. The Kier molecular flexibility index (Phi) is 8.62. The molecule has 0 aromatic rings. The molecule has 0 unspecified atom stereocenters. The fraction of sp³-hybridized carbons (Fsp3) is 0.571. The molecule has 18 heavy (non-hydrogen) atoms. The maximum Gasteiger partial charge on any atom is 0.154 e. The second-order valence-corrected chi connectivity index (χ2v) is 4.44. The van der Waals surface area contributed by atoms with Gasteiger partial charge in [0.25, 0.3) is 0 Å². The second-order valence-electron chi connectivity index (χ2n) is 4.44. The minimum Gasteiger partial charge on any atom is -0.388 e. The summed E-state index contributed by atoms with van der Waals surface area (Å²) in [6.45, 7) is 8.57. The van der Waals surface area contributed by atoms with Crippen LogP contribution in [0.25, 0.3) is 0 Å². The number of nitrogens with one attached hydrogen (secondary N) is 2. The number of ketones is 2. The van der Waals surface area contributed by atoms with Crippen molar-refractivity contribution in [1.82, 2.24) is 10.6 Å². The SMILES string of the molecule is CC(=O)/C=C(/C)NCCCCN/C(C)=C\C(C)=O. The predicted octanol–water partition coefficient (Wildman–Crippen LogP) is 1.93. The maximum atomic E-state index is 10.8. The molecule has 0 bridgehead atoms. The Hall–Kier alpha value is -1.58. The Morgan fingerprint density at radius 1 is 0.778 bits per heavy atom. The van der Waals surface area contributed by atoms with Gasteiger partial charge in [0.2, 0.25) is 0 Å². The van der Waals surface area contributed by atoms with Crippen molar-refractivity contribution in [3.63, 3.8) is 0 Å². The number of allylic oxidation sites excluding steroid dienone is 4. The van der Waals surface area contributed by atoms with E-state index in [0.29, 0.717) is 0 Å². The van der Waals surface area contributed by atoms with E-state index in [0.717, 1.165) is 37.3 Å². The fourth-order valence-corrected chi connectivity index (χ4v) is 1.53. The summed E-state index contributed by atoms with van der Waals surface area (Å²) in [4.78, 5) is 21.6. The monoisotopic (exact) mass is 252 g/mol. The zero-order valence-electron chi connectivity index (χ0n) is 11.8. The zero-order valence-corrected chi connectivity index (χ0v) is 11.8. The molecule has 0 aliphatic rings. The molecule has 0 saturated heterocycles. The third-order valence-electron chi connectivity index (χ3n) is 2.25. The first kappa shape index (κ1) is 16.4. The van der Waals surface area contributed by atoms with Crippen molar-refractivity contribution in [2.75, 3.05) is 13.1 Å². The van der Waals surface area contributed by atoms with Gasteiger partial charge in [-0.3, -0.25) is 9.59 Å². The summed E-state index contributed by atoms with van der Waals surface area (Å²) >= 11 is 0. The lowest BCUT2D eigenvalue weighted by molar-refractivity contribution is -0.113. The highest BCUT2D eigenvalue weighted by molar-refractivity contribution is 5.88. The highest BCUT2D eigenvalue weighted by Gasteiger charge is 1.93. The van der Waals surface area contributed by atoms with Crippen molar-refractivity contribution in [3.05, 3.63) is 23.5 Å². The van der Waals surface area contributed by atoms with E-state index in [9.17, 15) is 9.59 Å². The first-order chi connectivity index (χ1) is 8.41. The largest absolute Gasteiger partial charge is 0.388 e. The van der Waals surface area contributed by atoms with Gasteiger partial charge in [0.1, 0.15) is 0 Å². The molecule has 0 fully saturated rings. The van der Waals surface area contributed by atoms with Gasteiger partial charge in [-0.15, -0.1) is 0 Å². The molecule has 102 valence electrons. The molecule has 0 radical (unpaired) electrons. The molecule has 0 aromatic heterocycles. The van der Waals surface area contributed by atoms with Crippen molar-refractivity contribution in [2.24, 2.45) is 0 Å². The molecule has 0 spiro atoms. The topological polar surface area (TPSA) is 58.2 Å². The van der Waals surface area contributed by atoms with Gasteiger partial charge in [0.05, 0.1) is 0 Å². The zero-order chi connectivity index (χ0) is 14.0. The first-order valence-electron chi connectivity index (χ1n) is 6.27. The second kappa shape index (κ2) is 9.45. The van der Waals surface area contributed by atoms with E-state index < -0.39 is 0 Å². The smallest absolute Gasteiger partial charge is 0.154 e. The van der Waals surface area contributed by atoms with Crippen LogP contribution in [0, 0.1) is 0 Å². The van der Waals surface area contributed by atoms with Crippen molar-refractivity contribution in [2.45, 2.75) is 40.5 Å². The van der Waals surface area contributed by atoms with E-state index in [1.165, 1.54) is 0 Å². The van der Waals surface area contributed by atoms with E-state index in [-0.39, 0.29) is 11.6 Å². The summed E-state index contributed by atoms with van der Waals surface area (Å²) < 4.78 is 0. The molecule has 0 atom stereocenters. The Morgan fingerprint density at radius 3 is 1.39 bits per heavy atom. The fourth-order valence-electron chi connectivity index (χ4n) is 1.53. The summed E-state index contributed by atoms with van der Waals surface area (Å²) in [5, 5.41) is 6.36. The van der Waals surface area contributed by atoms with E-state index in [1.807, 2.05) is 13.8 Å². The molecule has 0 aliphatic heterocycles. The minimum atomic E-state index is 0.0617. The van der Waals surface area contributed by atoms with Crippen molar-refractivity contribution in [1.29, 1.82) is 0 Å². The van der Waals surface area contributed by atoms with Gasteiger partial charge in [-0.25, -0.2) is 0 Å². The van der Waals surface area contributed by atoms with Crippen LogP contribution >= 0.6 is 0 Å². The molecule has 0 amide bonds. The Labute approximate surface area is 110 Å². The molecule has 0 aromatic carbocycles. The van der Waals surface area contributed by atoms with Gasteiger partial charge in [-0.2, -0.15) is 0 Å². The first-order valence-corrected chi connectivity index (χ1v) is 6.27. The lowest BCUT2D eigenvalue weighted by Crippen LogP contribution is -2.17. The third kappa shape index (κ3) is 10.9. The van der Waals surface area contributed by atoms with Crippen molar-refractivity contribution < 1.29 is 9.59 Å².